The van der Waals surface area contributed by atoms with Crippen molar-refractivity contribution in [1.82, 2.24) is 0 Å². The maximum atomic E-state index is 12.7. The molecular weight excluding hydrogens is 323 g/mol. The Morgan fingerprint density at radius 1 is 0.958 bits per heavy atom. The fourth-order valence-corrected chi connectivity index (χ4v) is 1.95. The second-order valence-corrected chi connectivity index (χ2v) is 4.83. The van der Waals surface area contributed by atoms with Crippen molar-refractivity contribution in [2.24, 2.45) is 5.16 Å². The van der Waals surface area contributed by atoms with E-state index in [1.807, 2.05) is 0 Å². The number of hydrogen-bond acceptors (Lipinski definition) is 4. The number of rotatable bonds is 4. The second-order valence-electron chi connectivity index (χ2n) is 4.83. The van der Waals surface area contributed by atoms with Gasteiger partial charge in [0.15, 0.2) is 0 Å². The third-order valence-corrected chi connectivity index (χ3v) is 3.11. The molecule has 2 aromatic rings. The van der Waals surface area contributed by atoms with Crippen molar-refractivity contribution in [2.75, 3.05) is 7.11 Å². The van der Waals surface area contributed by atoms with Crippen molar-refractivity contribution in [3.05, 3.63) is 65.2 Å². The first-order valence-corrected chi connectivity index (χ1v) is 6.89. The van der Waals surface area contributed by atoms with E-state index >= 15 is 0 Å². The van der Waals surface area contributed by atoms with Crippen LogP contribution in [-0.4, -0.2) is 18.8 Å². The van der Waals surface area contributed by atoms with E-state index in [1.54, 1.807) is 24.3 Å². The lowest BCUT2D eigenvalue weighted by Crippen LogP contribution is -2.08. The molecule has 0 atom stereocenters. The zero-order chi connectivity index (χ0) is 17.7. The molecule has 0 spiro atoms. The highest BCUT2D eigenvalue weighted by Gasteiger charge is 2.30. The SMILES string of the molecule is COc1ccc(C(=NOC(C)=O)c2ccc(C(F)(F)F)cc2)cc1. The van der Waals surface area contributed by atoms with E-state index in [0.29, 0.717) is 16.9 Å². The molecule has 4 nitrogen and oxygen atoms in total. The van der Waals surface area contributed by atoms with Gasteiger partial charge in [-0.25, -0.2) is 4.79 Å². The van der Waals surface area contributed by atoms with Crippen LogP contribution in [0.3, 0.4) is 0 Å². The van der Waals surface area contributed by atoms with Crippen LogP contribution >= 0.6 is 0 Å². The summed E-state index contributed by atoms with van der Waals surface area (Å²) in [6.45, 7) is 1.18. The van der Waals surface area contributed by atoms with Crippen molar-refractivity contribution in [3.8, 4) is 5.75 Å². The molecule has 0 radical (unpaired) electrons. The molecule has 0 aromatic heterocycles. The lowest BCUT2D eigenvalue weighted by atomic mass is 10.0. The minimum absolute atomic E-state index is 0.238. The van der Waals surface area contributed by atoms with Gasteiger partial charge in [-0.05, 0) is 36.4 Å². The molecule has 0 unspecified atom stereocenters. The average Bonchev–Trinajstić information content (AvgIpc) is 2.55. The van der Waals surface area contributed by atoms with E-state index in [0.717, 1.165) is 12.1 Å². The van der Waals surface area contributed by atoms with Gasteiger partial charge < -0.3 is 9.57 Å². The molecule has 126 valence electrons. The Hall–Kier alpha value is -2.83. The summed E-state index contributed by atoms with van der Waals surface area (Å²) in [6, 6.07) is 11.1. The number of nitrogens with zero attached hydrogens (tertiary/aromatic N) is 1. The normalized spacial score (nSPS) is 12.0. The third kappa shape index (κ3) is 4.34. The number of carbonyl (C=O) groups excluding carboxylic acids is 1. The highest BCUT2D eigenvalue weighted by Crippen LogP contribution is 2.29. The molecular formula is C17H14F3NO3. The summed E-state index contributed by atoms with van der Waals surface area (Å²) < 4.78 is 43.1. The molecule has 0 saturated carbocycles. The largest absolute Gasteiger partial charge is 0.497 e. The highest BCUT2D eigenvalue weighted by atomic mass is 19.4. The number of ether oxygens (including phenoxy) is 1. The van der Waals surface area contributed by atoms with Gasteiger partial charge in [0.05, 0.1) is 12.7 Å². The van der Waals surface area contributed by atoms with Crippen LogP contribution in [0.25, 0.3) is 0 Å². The van der Waals surface area contributed by atoms with Crippen LogP contribution in [0.15, 0.2) is 53.7 Å². The molecule has 0 bridgehead atoms. The van der Waals surface area contributed by atoms with Crippen LogP contribution in [0.2, 0.25) is 0 Å². The van der Waals surface area contributed by atoms with Gasteiger partial charge in [0.2, 0.25) is 0 Å². The van der Waals surface area contributed by atoms with Gasteiger partial charge in [0.1, 0.15) is 11.5 Å². The zero-order valence-corrected chi connectivity index (χ0v) is 12.9. The van der Waals surface area contributed by atoms with E-state index in [-0.39, 0.29) is 5.71 Å². The Bertz CT molecular complexity index is 735. The maximum Gasteiger partial charge on any atom is 0.416 e. The molecule has 7 heteroatoms. The van der Waals surface area contributed by atoms with Gasteiger partial charge >= 0.3 is 12.1 Å². The molecule has 0 N–H and O–H groups in total. The standard InChI is InChI=1S/C17H14F3NO3/c1-11(22)24-21-16(13-5-9-15(23-2)10-6-13)12-3-7-14(8-4-12)17(18,19)20/h3-10H,1-2H3. The monoisotopic (exact) mass is 337 g/mol. The molecule has 0 saturated heterocycles. The van der Waals surface area contributed by atoms with Crippen LogP contribution < -0.4 is 4.74 Å². The number of hydrogen-bond donors (Lipinski definition) is 0. The minimum Gasteiger partial charge on any atom is -0.497 e. The third-order valence-electron chi connectivity index (χ3n) is 3.11. The van der Waals surface area contributed by atoms with Gasteiger partial charge in [-0.2, -0.15) is 13.2 Å². The van der Waals surface area contributed by atoms with Crippen molar-refractivity contribution in [1.29, 1.82) is 0 Å². The average molecular weight is 337 g/mol. The van der Waals surface area contributed by atoms with Crippen molar-refractivity contribution in [3.63, 3.8) is 0 Å². The second kappa shape index (κ2) is 7.16. The Labute approximate surface area is 136 Å². The number of benzene rings is 2. The summed E-state index contributed by atoms with van der Waals surface area (Å²) in [5, 5.41) is 3.76. The van der Waals surface area contributed by atoms with Crippen molar-refractivity contribution < 1.29 is 27.5 Å². The molecule has 0 aliphatic carbocycles. The molecule has 0 heterocycles. The summed E-state index contributed by atoms with van der Waals surface area (Å²) in [7, 11) is 1.51. The van der Waals surface area contributed by atoms with Crippen LogP contribution in [0.4, 0.5) is 13.2 Å². The van der Waals surface area contributed by atoms with Crippen LogP contribution in [0.1, 0.15) is 23.6 Å². The summed E-state index contributed by atoms with van der Waals surface area (Å²) in [5.41, 5.74) is 0.417. The predicted octanol–water partition coefficient (Wildman–Crippen LogP) is 4.03. The highest BCUT2D eigenvalue weighted by molar-refractivity contribution is 6.12. The first-order chi connectivity index (χ1) is 11.3. The number of halogens is 3. The summed E-state index contributed by atoms with van der Waals surface area (Å²) in [5.74, 6) is -0.0223. The van der Waals surface area contributed by atoms with Gasteiger partial charge in [-0.15, -0.1) is 0 Å². The fourth-order valence-electron chi connectivity index (χ4n) is 1.95. The molecule has 2 rings (SSSR count). The number of alkyl halides is 3. The molecule has 2 aromatic carbocycles. The first kappa shape index (κ1) is 17.5. The molecule has 0 aliphatic rings. The van der Waals surface area contributed by atoms with Gasteiger partial charge in [-0.1, -0.05) is 17.3 Å². The summed E-state index contributed by atoms with van der Waals surface area (Å²) >= 11 is 0. The van der Waals surface area contributed by atoms with Gasteiger partial charge in [-0.3, -0.25) is 0 Å². The van der Waals surface area contributed by atoms with E-state index in [4.69, 9.17) is 4.74 Å². The van der Waals surface area contributed by atoms with Crippen LogP contribution in [-0.2, 0) is 15.8 Å². The van der Waals surface area contributed by atoms with Crippen LogP contribution in [0, 0.1) is 0 Å². The van der Waals surface area contributed by atoms with E-state index < -0.39 is 17.7 Å². The smallest absolute Gasteiger partial charge is 0.416 e. The topological polar surface area (TPSA) is 47.9 Å². The number of methoxy groups -OCH3 is 1. The Morgan fingerprint density at radius 3 is 1.88 bits per heavy atom. The molecule has 0 aliphatic heterocycles. The summed E-state index contributed by atoms with van der Waals surface area (Å²) in [6.07, 6.45) is -4.42. The molecule has 24 heavy (non-hydrogen) atoms. The molecule has 0 fully saturated rings. The quantitative estimate of drug-likeness (QED) is 0.481. The zero-order valence-electron chi connectivity index (χ0n) is 12.9. The van der Waals surface area contributed by atoms with E-state index in [9.17, 15) is 18.0 Å². The Kier molecular flexibility index (Phi) is 5.23. The Morgan fingerprint density at radius 2 is 1.46 bits per heavy atom. The van der Waals surface area contributed by atoms with Gasteiger partial charge in [0.25, 0.3) is 0 Å². The lowest BCUT2D eigenvalue weighted by molar-refractivity contribution is -0.141. The van der Waals surface area contributed by atoms with Crippen LogP contribution in [0.5, 0.6) is 5.75 Å². The van der Waals surface area contributed by atoms with E-state index in [2.05, 4.69) is 9.99 Å². The lowest BCUT2D eigenvalue weighted by Gasteiger charge is -2.10. The molecule has 0 amide bonds. The number of oxime groups is 1. The van der Waals surface area contributed by atoms with Gasteiger partial charge in [0, 0.05) is 18.1 Å². The fraction of sp³-hybridized carbons (Fsp3) is 0.176. The van der Waals surface area contributed by atoms with E-state index in [1.165, 1.54) is 26.2 Å². The summed E-state index contributed by atoms with van der Waals surface area (Å²) in [4.78, 5) is 15.7. The minimum atomic E-state index is -4.42. The Balaban J connectivity index is 2.42. The first-order valence-electron chi connectivity index (χ1n) is 6.89. The van der Waals surface area contributed by atoms with Crippen molar-refractivity contribution in [2.45, 2.75) is 13.1 Å². The number of carbonyl (C=O) groups is 1. The predicted molar refractivity (Wildman–Crippen MR) is 81.8 cm³/mol. The van der Waals surface area contributed by atoms with Crippen molar-refractivity contribution >= 4 is 11.7 Å². The maximum absolute atomic E-state index is 12.7.